The molecule has 2 aliphatic heterocycles. The summed E-state index contributed by atoms with van der Waals surface area (Å²) in [4.78, 5) is 22.6. The van der Waals surface area contributed by atoms with Crippen LogP contribution in [0.4, 0.5) is 0 Å². The maximum Gasteiger partial charge on any atom is 0.254 e. The largest absolute Gasteiger partial charge is 0.490 e. The topological polar surface area (TPSA) is 129 Å². The van der Waals surface area contributed by atoms with E-state index in [0.717, 1.165) is 42.5 Å². The Morgan fingerprint density at radius 1 is 0.981 bits per heavy atom. The van der Waals surface area contributed by atoms with E-state index in [1.54, 1.807) is 30.4 Å². The van der Waals surface area contributed by atoms with E-state index in [9.17, 15) is 15.0 Å². The van der Waals surface area contributed by atoms with Crippen molar-refractivity contribution in [1.29, 1.82) is 0 Å². The molecule has 11 nitrogen and oxygen atoms in total. The normalized spacial score (nSPS) is 25.5. The minimum absolute atomic E-state index is 0.107. The van der Waals surface area contributed by atoms with Crippen LogP contribution in [0.2, 0.25) is 0 Å². The van der Waals surface area contributed by atoms with Gasteiger partial charge in [-0.25, -0.2) is 0 Å². The standard InChI is InChI=1S/C43H56N2O9/c1-5-19-45(42(48)30-15-17-37-38(25-30)51-28-50-37)39-27-35(44-53-8-4)33-24-29(13-9-11-20-46)32(14-10-12-21-47)40-34-26-31(49-22-6-2)16-18-36(34)54-43(39,41(33)40)52-23-7-3/h6-7,15-18,24-26,29,32,39-41,46-47H,2-3,5,8-14,19-23,27-28H2,1,4H3/t29-,32+,39-,40+,41+,43+/m0/s1. The Bertz CT molecular complexity index is 1690. The molecule has 1 amide bonds. The van der Waals surface area contributed by atoms with Crippen LogP contribution in [0.3, 0.4) is 0 Å². The van der Waals surface area contributed by atoms with Crippen LogP contribution >= 0.6 is 0 Å². The zero-order chi connectivity index (χ0) is 38.1. The van der Waals surface area contributed by atoms with Gasteiger partial charge in [0, 0.05) is 43.2 Å². The first-order valence-corrected chi connectivity index (χ1v) is 19.6. The van der Waals surface area contributed by atoms with E-state index in [4.69, 9.17) is 33.7 Å². The molecule has 0 bridgehead atoms. The van der Waals surface area contributed by atoms with Crippen molar-refractivity contribution in [3.05, 3.63) is 84.5 Å². The average molecular weight is 745 g/mol. The molecule has 6 atom stereocenters. The molecule has 54 heavy (non-hydrogen) atoms. The molecule has 1 fully saturated rings. The van der Waals surface area contributed by atoms with E-state index in [-0.39, 0.29) is 50.3 Å². The first-order chi connectivity index (χ1) is 26.4. The Labute approximate surface area is 319 Å². The van der Waals surface area contributed by atoms with E-state index in [0.29, 0.717) is 74.0 Å². The Kier molecular flexibility index (Phi) is 13.4. The smallest absolute Gasteiger partial charge is 0.254 e. The molecule has 0 unspecified atom stereocenters. The monoisotopic (exact) mass is 744 g/mol. The summed E-state index contributed by atoms with van der Waals surface area (Å²) in [5, 5.41) is 24.4. The van der Waals surface area contributed by atoms with Gasteiger partial charge in [-0.1, -0.05) is 49.7 Å². The van der Waals surface area contributed by atoms with Gasteiger partial charge in [-0.2, -0.15) is 0 Å². The van der Waals surface area contributed by atoms with Crippen molar-refractivity contribution < 1.29 is 43.5 Å². The van der Waals surface area contributed by atoms with Crippen LogP contribution in [0.25, 0.3) is 0 Å². The second-order valence-electron chi connectivity index (χ2n) is 14.4. The lowest BCUT2D eigenvalue weighted by molar-refractivity contribution is -0.254. The van der Waals surface area contributed by atoms with Crippen LogP contribution in [0, 0.1) is 17.8 Å². The first kappa shape index (κ1) is 39.4. The summed E-state index contributed by atoms with van der Waals surface area (Å²) in [5.41, 5.74) is 3.24. The van der Waals surface area contributed by atoms with Crippen molar-refractivity contribution in [3.63, 3.8) is 0 Å². The number of benzene rings is 2. The quantitative estimate of drug-likeness (QED) is 0.0823. The van der Waals surface area contributed by atoms with Crippen molar-refractivity contribution >= 4 is 11.6 Å². The van der Waals surface area contributed by atoms with Gasteiger partial charge in [0.2, 0.25) is 12.6 Å². The molecule has 292 valence electrons. The van der Waals surface area contributed by atoms with Crippen molar-refractivity contribution in [2.45, 2.75) is 83.0 Å². The fourth-order valence-electron chi connectivity index (χ4n) is 8.87. The number of hydrogen-bond donors (Lipinski definition) is 2. The molecule has 0 aromatic heterocycles. The van der Waals surface area contributed by atoms with Gasteiger partial charge in [0.05, 0.1) is 18.2 Å². The Hall–Kier alpha value is -4.32. The molecule has 11 heteroatoms. The molecule has 2 aliphatic carbocycles. The minimum atomic E-state index is -1.33. The van der Waals surface area contributed by atoms with Gasteiger partial charge in [-0.3, -0.25) is 4.79 Å². The fourth-order valence-corrected chi connectivity index (χ4v) is 8.87. The summed E-state index contributed by atoms with van der Waals surface area (Å²) in [6.07, 6.45) is 11.6. The van der Waals surface area contributed by atoms with Gasteiger partial charge in [-0.05, 0) is 92.8 Å². The number of allylic oxidation sites excluding steroid dienone is 1. The first-order valence-electron chi connectivity index (χ1n) is 19.6. The number of hydrogen-bond acceptors (Lipinski definition) is 10. The molecule has 4 aliphatic rings. The van der Waals surface area contributed by atoms with Gasteiger partial charge < -0.3 is 43.6 Å². The maximum atomic E-state index is 14.9. The predicted molar refractivity (Wildman–Crippen MR) is 206 cm³/mol. The molecule has 0 saturated heterocycles. The van der Waals surface area contributed by atoms with E-state index in [1.807, 2.05) is 24.0 Å². The van der Waals surface area contributed by atoms with E-state index < -0.39 is 17.7 Å². The fraction of sp³-hybridized carbons (Fsp3) is 0.535. The molecular weight excluding hydrogens is 688 g/mol. The Balaban J connectivity index is 1.58. The van der Waals surface area contributed by atoms with E-state index >= 15 is 0 Å². The Morgan fingerprint density at radius 3 is 2.48 bits per heavy atom. The number of nitrogens with zero attached hydrogens (tertiary/aromatic N) is 2. The zero-order valence-electron chi connectivity index (χ0n) is 31.8. The molecule has 0 spiro atoms. The van der Waals surface area contributed by atoms with Gasteiger partial charge in [-0.15, -0.1) is 6.58 Å². The van der Waals surface area contributed by atoms with Crippen LogP contribution < -0.4 is 18.9 Å². The summed E-state index contributed by atoms with van der Waals surface area (Å²) in [6.45, 7) is 13.5. The lowest BCUT2D eigenvalue weighted by atomic mass is 9.55. The summed E-state index contributed by atoms with van der Waals surface area (Å²) >= 11 is 0. The van der Waals surface area contributed by atoms with E-state index in [1.165, 1.54) is 0 Å². The van der Waals surface area contributed by atoms with Gasteiger partial charge in [0.25, 0.3) is 5.91 Å². The number of carbonyl (C=O) groups excluding carboxylic acids is 1. The Morgan fingerprint density at radius 2 is 1.74 bits per heavy atom. The van der Waals surface area contributed by atoms with Crippen LogP contribution in [-0.4, -0.2) is 84.9 Å². The third-order valence-electron chi connectivity index (χ3n) is 11.0. The van der Waals surface area contributed by atoms with Crippen LogP contribution in [-0.2, 0) is 9.57 Å². The molecule has 1 saturated carbocycles. The third-order valence-corrected chi connectivity index (χ3v) is 11.0. The average Bonchev–Trinajstić information content (AvgIpc) is 3.67. The number of unbranched alkanes of at least 4 members (excludes halogenated alkanes) is 2. The summed E-state index contributed by atoms with van der Waals surface area (Å²) < 4.78 is 31.7. The molecule has 6 rings (SSSR count). The highest BCUT2D eigenvalue weighted by Gasteiger charge is 2.65. The van der Waals surface area contributed by atoms with Crippen molar-refractivity contribution in [1.82, 2.24) is 4.90 Å². The third kappa shape index (κ3) is 7.90. The van der Waals surface area contributed by atoms with Crippen LogP contribution in [0.15, 0.2) is 78.5 Å². The maximum absolute atomic E-state index is 14.9. The number of aliphatic hydroxyl groups excluding tert-OH is 2. The lowest BCUT2D eigenvalue weighted by Crippen LogP contribution is -2.70. The molecule has 0 radical (unpaired) electrons. The molecule has 2 heterocycles. The number of ether oxygens (including phenoxy) is 5. The highest BCUT2D eigenvalue weighted by Crippen LogP contribution is 2.62. The van der Waals surface area contributed by atoms with Gasteiger partial charge in [0.1, 0.15) is 30.8 Å². The highest BCUT2D eigenvalue weighted by atomic mass is 16.7. The number of carbonyl (C=O) groups is 1. The minimum Gasteiger partial charge on any atom is -0.490 e. The second kappa shape index (κ2) is 18.3. The van der Waals surface area contributed by atoms with Crippen molar-refractivity contribution in [2.24, 2.45) is 22.9 Å². The number of amides is 1. The second-order valence-corrected chi connectivity index (χ2v) is 14.4. The summed E-state index contributed by atoms with van der Waals surface area (Å²) in [5.74, 6) is 0.729. The van der Waals surface area contributed by atoms with E-state index in [2.05, 4.69) is 32.2 Å². The molecule has 2 aromatic carbocycles. The van der Waals surface area contributed by atoms with Gasteiger partial charge in [0.15, 0.2) is 11.5 Å². The lowest BCUT2D eigenvalue weighted by Gasteiger charge is -2.60. The summed E-state index contributed by atoms with van der Waals surface area (Å²) in [7, 11) is 0. The predicted octanol–water partition coefficient (Wildman–Crippen LogP) is 7.19. The zero-order valence-corrected chi connectivity index (χ0v) is 31.8. The number of oxime groups is 1. The van der Waals surface area contributed by atoms with Crippen molar-refractivity contribution in [2.75, 3.05) is 46.4 Å². The van der Waals surface area contributed by atoms with Crippen LogP contribution in [0.1, 0.15) is 87.1 Å². The number of fused-ring (bicyclic) bond motifs is 3. The molecule has 2 aromatic rings. The van der Waals surface area contributed by atoms with Crippen LogP contribution in [0.5, 0.6) is 23.0 Å². The van der Waals surface area contributed by atoms with Gasteiger partial charge >= 0.3 is 0 Å². The SMILES string of the molecule is C=CCOc1ccc2c(c1)[C@H]1[C@H](CCCCO)[C@@H](CCCCO)C=C3C(=NOCC)C[C@H](N(CCC)C(=O)c4ccc5c(c4)OCO5)[C@@](OCC=C)(O2)[C@H]31. The number of rotatable bonds is 20. The highest BCUT2D eigenvalue weighted by molar-refractivity contribution is 6.03. The number of aliphatic hydroxyl groups is 2. The van der Waals surface area contributed by atoms with Crippen molar-refractivity contribution in [3.8, 4) is 23.0 Å². The molecular formula is C43H56N2O9. The summed E-state index contributed by atoms with van der Waals surface area (Å²) in [6, 6.07) is 10.6. The molecule has 2 N–H and O–H groups in total.